The van der Waals surface area contributed by atoms with Crippen LogP contribution in [0, 0.1) is 0 Å². The number of carbonyl (C=O) groups excluding carboxylic acids is 1. The van der Waals surface area contributed by atoms with Gasteiger partial charge in [-0.1, -0.05) is 5.57 Å². The highest BCUT2D eigenvalue weighted by Gasteiger charge is 2.37. The summed E-state index contributed by atoms with van der Waals surface area (Å²) in [6.45, 7) is 3.78. The zero-order valence-corrected chi connectivity index (χ0v) is 7.05. The third-order valence-corrected chi connectivity index (χ3v) is 1.97. The summed E-state index contributed by atoms with van der Waals surface area (Å²) >= 11 is 0. The lowest BCUT2D eigenvalue weighted by Crippen LogP contribution is -2.30. The van der Waals surface area contributed by atoms with Gasteiger partial charge in [-0.15, -0.1) is 0 Å². The summed E-state index contributed by atoms with van der Waals surface area (Å²) in [6, 6.07) is 0. The second-order valence-corrected chi connectivity index (χ2v) is 3.42. The van der Waals surface area contributed by atoms with Gasteiger partial charge in [0.05, 0.1) is 0 Å². The molecule has 0 spiro atoms. The fraction of sp³-hybridized carbons (Fsp3) is 0.667. The Bertz CT molecular complexity index is 202. The van der Waals surface area contributed by atoms with E-state index in [1.165, 1.54) is 0 Å². The molecule has 1 unspecified atom stereocenters. The van der Waals surface area contributed by atoms with Gasteiger partial charge in [0, 0.05) is 6.42 Å². The third kappa shape index (κ3) is 1.69. The van der Waals surface area contributed by atoms with Crippen LogP contribution in [0.3, 0.4) is 0 Å². The van der Waals surface area contributed by atoms with Crippen molar-refractivity contribution >= 4 is 5.78 Å². The van der Waals surface area contributed by atoms with Gasteiger partial charge < -0.3 is 5.11 Å². The maximum absolute atomic E-state index is 11.1. The maximum atomic E-state index is 11.1. The number of hydrogen-bond donors (Lipinski definition) is 1. The van der Waals surface area contributed by atoms with E-state index >= 15 is 0 Å². The van der Waals surface area contributed by atoms with Crippen molar-refractivity contribution in [2.24, 2.45) is 0 Å². The monoisotopic (exact) mass is 154 g/mol. The van der Waals surface area contributed by atoms with Crippen molar-refractivity contribution in [3.05, 3.63) is 11.6 Å². The quantitative estimate of drug-likeness (QED) is 0.580. The molecular formula is C9H14O2. The average Bonchev–Trinajstić information content (AvgIpc) is 2.11. The molecular weight excluding hydrogens is 140 g/mol. The molecule has 2 nitrogen and oxygen atoms in total. The third-order valence-electron chi connectivity index (χ3n) is 1.97. The largest absolute Gasteiger partial charge is 0.378 e. The first kappa shape index (κ1) is 8.47. The van der Waals surface area contributed by atoms with Crippen LogP contribution >= 0.6 is 0 Å². The highest BCUT2D eigenvalue weighted by Crippen LogP contribution is 2.28. The van der Waals surface area contributed by atoms with Crippen LogP contribution in [-0.2, 0) is 4.79 Å². The Morgan fingerprint density at radius 3 is 2.64 bits per heavy atom. The Morgan fingerprint density at radius 1 is 1.64 bits per heavy atom. The van der Waals surface area contributed by atoms with E-state index in [1.54, 1.807) is 6.08 Å². The van der Waals surface area contributed by atoms with Gasteiger partial charge in [-0.05, 0) is 32.8 Å². The molecule has 1 atom stereocenters. The summed E-state index contributed by atoms with van der Waals surface area (Å²) in [7, 11) is 0. The first-order valence-electron chi connectivity index (χ1n) is 3.96. The van der Waals surface area contributed by atoms with Crippen molar-refractivity contribution in [2.75, 3.05) is 0 Å². The van der Waals surface area contributed by atoms with Gasteiger partial charge in [0.15, 0.2) is 5.78 Å². The fourth-order valence-corrected chi connectivity index (χ4v) is 1.50. The summed E-state index contributed by atoms with van der Waals surface area (Å²) in [4.78, 5) is 11.1. The van der Waals surface area contributed by atoms with Crippen LogP contribution in [0.5, 0.6) is 0 Å². The highest BCUT2D eigenvalue weighted by molar-refractivity contribution is 5.91. The van der Waals surface area contributed by atoms with Gasteiger partial charge in [0.2, 0.25) is 0 Å². The molecule has 0 aromatic rings. The van der Waals surface area contributed by atoms with Gasteiger partial charge in [-0.2, -0.15) is 0 Å². The second-order valence-electron chi connectivity index (χ2n) is 3.42. The molecule has 0 bridgehead atoms. The molecule has 0 aromatic heterocycles. The molecule has 62 valence electrons. The lowest BCUT2D eigenvalue weighted by molar-refractivity contribution is -0.129. The Kier molecular flexibility index (Phi) is 2.14. The van der Waals surface area contributed by atoms with E-state index in [0.29, 0.717) is 12.8 Å². The molecule has 1 rings (SSSR count). The predicted octanol–water partition coefficient (Wildman–Crippen LogP) is 1.44. The van der Waals surface area contributed by atoms with Gasteiger partial charge in [0.1, 0.15) is 5.60 Å². The minimum Gasteiger partial charge on any atom is -0.378 e. The van der Waals surface area contributed by atoms with E-state index in [0.717, 1.165) is 12.0 Å². The second kappa shape index (κ2) is 2.78. The van der Waals surface area contributed by atoms with Crippen molar-refractivity contribution in [2.45, 2.75) is 38.7 Å². The number of carbonyl (C=O) groups is 1. The van der Waals surface area contributed by atoms with Crippen molar-refractivity contribution in [1.82, 2.24) is 0 Å². The Morgan fingerprint density at radius 2 is 2.27 bits per heavy atom. The molecule has 0 aliphatic heterocycles. The Labute approximate surface area is 66.9 Å². The summed E-state index contributed by atoms with van der Waals surface area (Å²) in [6.07, 6.45) is 3.61. The van der Waals surface area contributed by atoms with Gasteiger partial charge >= 0.3 is 0 Å². The number of hydrogen-bond acceptors (Lipinski definition) is 2. The molecule has 0 radical (unpaired) electrons. The first-order chi connectivity index (χ1) is 5.04. The first-order valence-corrected chi connectivity index (χ1v) is 3.96. The van der Waals surface area contributed by atoms with Crippen molar-refractivity contribution in [3.8, 4) is 0 Å². The van der Waals surface area contributed by atoms with Crippen molar-refractivity contribution < 1.29 is 9.90 Å². The number of allylic oxidation sites excluding steroid dienone is 1. The van der Waals surface area contributed by atoms with Crippen LogP contribution in [0.25, 0.3) is 0 Å². The maximum Gasteiger partial charge on any atom is 0.168 e. The smallest absolute Gasteiger partial charge is 0.168 e. The fourth-order valence-electron chi connectivity index (χ4n) is 1.50. The van der Waals surface area contributed by atoms with E-state index in [2.05, 4.69) is 0 Å². The zero-order valence-electron chi connectivity index (χ0n) is 7.05. The van der Waals surface area contributed by atoms with Crippen molar-refractivity contribution in [1.29, 1.82) is 0 Å². The minimum atomic E-state index is -1.13. The molecule has 0 amide bonds. The Balaban J connectivity index is 2.82. The minimum absolute atomic E-state index is 0.0290. The van der Waals surface area contributed by atoms with Crippen molar-refractivity contribution in [3.63, 3.8) is 0 Å². The molecule has 2 heteroatoms. The summed E-state index contributed by atoms with van der Waals surface area (Å²) in [5, 5.41) is 9.70. The van der Waals surface area contributed by atoms with E-state index in [9.17, 15) is 9.90 Å². The molecule has 1 N–H and O–H groups in total. The summed E-state index contributed by atoms with van der Waals surface area (Å²) in [5.41, 5.74) is -0.124. The number of ketones is 1. The van der Waals surface area contributed by atoms with Gasteiger partial charge in [0.25, 0.3) is 0 Å². The van der Waals surface area contributed by atoms with Crippen LogP contribution in [0.15, 0.2) is 11.6 Å². The molecule has 1 aliphatic carbocycles. The topological polar surface area (TPSA) is 37.3 Å². The van der Waals surface area contributed by atoms with E-state index in [4.69, 9.17) is 0 Å². The number of aliphatic hydroxyl groups is 1. The average molecular weight is 154 g/mol. The number of rotatable bonds is 1. The highest BCUT2D eigenvalue weighted by atomic mass is 16.3. The lowest BCUT2D eigenvalue weighted by Gasteiger charge is -2.15. The SMILES string of the molecule is CC(C)=CC1(O)CCCC1=O. The van der Waals surface area contributed by atoms with E-state index in [1.807, 2.05) is 13.8 Å². The van der Waals surface area contributed by atoms with Crippen LogP contribution in [0.1, 0.15) is 33.1 Å². The van der Waals surface area contributed by atoms with Gasteiger partial charge in [-0.3, -0.25) is 4.79 Å². The number of Topliss-reactive ketones (excluding diaryl/α,β-unsaturated/α-hetero) is 1. The van der Waals surface area contributed by atoms with E-state index in [-0.39, 0.29) is 5.78 Å². The standard InChI is InChI=1S/C9H14O2/c1-7(2)6-9(11)5-3-4-8(9)10/h6,11H,3-5H2,1-2H3. The molecule has 0 saturated heterocycles. The summed E-state index contributed by atoms with van der Waals surface area (Å²) < 4.78 is 0. The van der Waals surface area contributed by atoms with E-state index < -0.39 is 5.60 Å². The normalized spacial score (nSPS) is 30.6. The molecule has 1 saturated carbocycles. The lowest BCUT2D eigenvalue weighted by atomic mass is 9.99. The Hall–Kier alpha value is -0.630. The molecule has 1 aliphatic rings. The van der Waals surface area contributed by atoms with Crippen LogP contribution < -0.4 is 0 Å². The predicted molar refractivity (Wildman–Crippen MR) is 43.2 cm³/mol. The molecule has 1 fully saturated rings. The van der Waals surface area contributed by atoms with Crippen LogP contribution in [0.2, 0.25) is 0 Å². The molecule has 0 heterocycles. The van der Waals surface area contributed by atoms with Crippen LogP contribution in [0.4, 0.5) is 0 Å². The van der Waals surface area contributed by atoms with Gasteiger partial charge in [-0.25, -0.2) is 0 Å². The molecule has 0 aromatic carbocycles. The molecule has 11 heavy (non-hydrogen) atoms. The summed E-state index contributed by atoms with van der Waals surface area (Å²) in [5.74, 6) is -0.0290. The van der Waals surface area contributed by atoms with Crippen LogP contribution in [-0.4, -0.2) is 16.5 Å². The zero-order chi connectivity index (χ0) is 8.48.